The summed E-state index contributed by atoms with van der Waals surface area (Å²) in [4.78, 5) is 17.5. The molecule has 144 valence electrons. The maximum Gasteiger partial charge on any atom is 0.329 e. The average Bonchev–Trinajstić information content (AvgIpc) is 3.36. The third-order valence-corrected chi connectivity index (χ3v) is 7.75. The number of benzene rings is 1. The zero-order valence-electron chi connectivity index (χ0n) is 15.3. The molecule has 0 saturated carbocycles. The predicted octanol–water partition coefficient (Wildman–Crippen LogP) is 4.83. The fourth-order valence-electron chi connectivity index (χ4n) is 3.86. The highest BCUT2D eigenvalue weighted by Gasteiger charge is 2.28. The molecular formula is C19H22ClN3O2S2. The van der Waals surface area contributed by atoms with Crippen molar-refractivity contribution in [1.29, 1.82) is 0 Å². The number of hydrogen-bond donors (Lipinski definition) is 3. The molecule has 1 aromatic heterocycles. The van der Waals surface area contributed by atoms with Crippen LogP contribution in [0, 0.1) is 0 Å². The summed E-state index contributed by atoms with van der Waals surface area (Å²) >= 11 is 9.16. The number of carbonyl (C=O) groups excluding carboxylic acids is 1. The van der Waals surface area contributed by atoms with Crippen LogP contribution < -0.4 is 10.0 Å². The van der Waals surface area contributed by atoms with Gasteiger partial charge in [-0.05, 0) is 74.6 Å². The number of nitrogens with one attached hydrogen (secondary N) is 2. The number of urea groups is 1. The van der Waals surface area contributed by atoms with Crippen LogP contribution in [0.5, 0.6) is 0 Å². The minimum atomic E-state index is -0.927. The summed E-state index contributed by atoms with van der Waals surface area (Å²) in [7, 11) is 0. The highest BCUT2D eigenvalue weighted by molar-refractivity contribution is 7.99. The normalized spacial score (nSPS) is 15.6. The van der Waals surface area contributed by atoms with Crippen molar-refractivity contribution in [3.63, 3.8) is 0 Å². The Bertz CT molecular complexity index is 870. The van der Waals surface area contributed by atoms with Gasteiger partial charge in [0.05, 0.1) is 10.5 Å². The molecule has 0 aliphatic heterocycles. The van der Waals surface area contributed by atoms with Crippen molar-refractivity contribution >= 4 is 46.6 Å². The Kier molecular flexibility index (Phi) is 5.14. The number of carbonyl (C=O) groups is 1. The van der Waals surface area contributed by atoms with E-state index >= 15 is 0 Å². The van der Waals surface area contributed by atoms with Gasteiger partial charge in [-0.1, -0.05) is 11.6 Å². The Balaban J connectivity index is 1.49. The smallest absolute Gasteiger partial charge is 0.329 e. The van der Waals surface area contributed by atoms with E-state index in [-0.39, 0.29) is 6.03 Å². The van der Waals surface area contributed by atoms with Crippen LogP contribution in [-0.2, 0) is 31.3 Å². The molecule has 27 heavy (non-hydrogen) atoms. The lowest BCUT2D eigenvalue weighted by Gasteiger charge is -2.18. The molecule has 2 aliphatic rings. The fourth-order valence-corrected chi connectivity index (χ4v) is 5.82. The van der Waals surface area contributed by atoms with Gasteiger partial charge >= 0.3 is 6.03 Å². The van der Waals surface area contributed by atoms with Crippen molar-refractivity contribution in [3.05, 3.63) is 38.4 Å². The summed E-state index contributed by atoms with van der Waals surface area (Å²) in [6.07, 6.45) is 7.73. The van der Waals surface area contributed by atoms with Gasteiger partial charge in [-0.25, -0.2) is 9.78 Å². The lowest BCUT2D eigenvalue weighted by molar-refractivity contribution is 0.0823. The van der Waals surface area contributed by atoms with Gasteiger partial charge in [-0.2, -0.15) is 0 Å². The number of fused-ring (bicyclic) bond motifs is 2. The van der Waals surface area contributed by atoms with Crippen LogP contribution in [0.15, 0.2) is 10.5 Å². The number of amides is 2. The molecule has 3 N–H and O–H groups in total. The molecule has 1 aromatic carbocycles. The summed E-state index contributed by atoms with van der Waals surface area (Å²) in [5, 5.41) is 14.0. The topological polar surface area (TPSA) is 74.2 Å². The summed E-state index contributed by atoms with van der Waals surface area (Å²) in [6, 6.07) is -0.259. The summed E-state index contributed by atoms with van der Waals surface area (Å²) in [5.74, 6) is 0. The predicted molar refractivity (Wildman–Crippen MR) is 111 cm³/mol. The Morgan fingerprint density at radius 1 is 1.19 bits per heavy atom. The second-order valence-corrected chi connectivity index (χ2v) is 9.98. The van der Waals surface area contributed by atoms with E-state index in [1.54, 1.807) is 20.0 Å². The van der Waals surface area contributed by atoms with Crippen LogP contribution in [0.1, 0.15) is 53.8 Å². The van der Waals surface area contributed by atoms with Gasteiger partial charge in [0.25, 0.3) is 0 Å². The summed E-state index contributed by atoms with van der Waals surface area (Å²) in [6.45, 7) is 3.44. The van der Waals surface area contributed by atoms with E-state index in [0.29, 0.717) is 4.34 Å². The molecule has 2 aromatic rings. The summed E-state index contributed by atoms with van der Waals surface area (Å²) < 4.78 is 3.50. The number of aromatic nitrogens is 1. The van der Waals surface area contributed by atoms with Crippen molar-refractivity contribution in [2.75, 3.05) is 5.32 Å². The Hall–Kier alpha value is -1.28. The van der Waals surface area contributed by atoms with Crippen molar-refractivity contribution in [3.8, 4) is 0 Å². The van der Waals surface area contributed by atoms with Crippen LogP contribution >= 0.6 is 34.9 Å². The molecule has 0 saturated heterocycles. The maximum absolute atomic E-state index is 12.5. The molecule has 8 heteroatoms. The first-order chi connectivity index (χ1) is 12.8. The highest BCUT2D eigenvalue weighted by Crippen LogP contribution is 2.44. The molecule has 5 nitrogen and oxygen atoms in total. The minimum Gasteiger partial charge on any atom is -0.385 e. The Labute approximate surface area is 172 Å². The number of hydrogen-bond acceptors (Lipinski definition) is 5. The molecule has 0 fully saturated rings. The van der Waals surface area contributed by atoms with Crippen LogP contribution in [-0.4, -0.2) is 16.1 Å². The highest BCUT2D eigenvalue weighted by atomic mass is 35.5. The number of halogens is 1. The standard InChI is InChI=1S/C19H22ClN3O2S2/c1-19(2,25)14-9-21-18(26-14)27-23-17(24)22-16-12-7-3-5-10(12)15(20)11-6-4-8-13(11)16/h9,25H,3-8H2,1-2H3,(H2,22,23,24). The molecular weight excluding hydrogens is 402 g/mol. The van der Waals surface area contributed by atoms with Crippen molar-refractivity contribution in [2.24, 2.45) is 0 Å². The zero-order valence-corrected chi connectivity index (χ0v) is 17.7. The van der Waals surface area contributed by atoms with E-state index in [1.165, 1.54) is 33.6 Å². The Morgan fingerprint density at radius 2 is 1.78 bits per heavy atom. The molecule has 0 spiro atoms. The van der Waals surface area contributed by atoms with Gasteiger partial charge in [0.15, 0.2) is 4.34 Å². The number of anilines is 1. The van der Waals surface area contributed by atoms with E-state index in [0.717, 1.165) is 66.1 Å². The molecule has 2 amide bonds. The first-order valence-electron chi connectivity index (χ1n) is 9.12. The lowest BCUT2D eigenvalue weighted by Crippen LogP contribution is -2.24. The second-order valence-electron chi connectivity index (χ2n) is 7.52. The summed E-state index contributed by atoms with van der Waals surface area (Å²) in [5.41, 5.74) is 4.89. The number of aliphatic hydroxyl groups is 1. The van der Waals surface area contributed by atoms with Gasteiger partial charge in [-0.15, -0.1) is 11.3 Å². The molecule has 1 heterocycles. The Morgan fingerprint density at radius 3 is 2.33 bits per heavy atom. The van der Waals surface area contributed by atoms with E-state index in [1.807, 2.05) is 0 Å². The largest absolute Gasteiger partial charge is 0.385 e. The SMILES string of the molecule is CC(C)(O)c1cnc(SNC(=O)Nc2c3c(c(Cl)c4c2CCC4)CCC3)s1. The van der Waals surface area contributed by atoms with E-state index < -0.39 is 5.60 Å². The third-order valence-electron chi connectivity index (χ3n) is 5.13. The van der Waals surface area contributed by atoms with Gasteiger partial charge in [0.1, 0.15) is 0 Å². The first-order valence-corrected chi connectivity index (χ1v) is 11.1. The van der Waals surface area contributed by atoms with Crippen LogP contribution in [0.2, 0.25) is 5.02 Å². The average molecular weight is 424 g/mol. The van der Waals surface area contributed by atoms with Gasteiger partial charge < -0.3 is 10.4 Å². The van der Waals surface area contributed by atoms with Crippen LogP contribution in [0.25, 0.3) is 0 Å². The number of nitrogens with zero attached hydrogens (tertiary/aromatic N) is 1. The lowest BCUT2D eigenvalue weighted by atomic mass is 9.98. The van der Waals surface area contributed by atoms with Gasteiger partial charge in [-0.3, -0.25) is 4.72 Å². The first kappa shape index (κ1) is 19.1. The zero-order chi connectivity index (χ0) is 19.2. The molecule has 0 bridgehead atoms. The third kappa shape index (κ3) is 3.70. The van der Waals surface area contributed by atoms with Crippen molar-refractivity contribution < 1.29 is 9.90 Å². The molecule has 4 rings (SSSR count). The minimum absolute atomic E-state index is 0.259. The second kappa shape index (κ2) is 7.28. The van der Waals surface area contributed by atoms with Crippen LogP contribution in [0.4, 0.5) is 10.5 Å². The maximum atomic E-state index is 12.5. The monoisotopic (exact) mass is 423 g/mol. The van der Waals surface area contributed by atoms with Gasteiger partial charge in [0, 0.05) is 28.9 Å². The molecule has 2 aliphatic carbocycles. The van der Waals surface area contributed by atoms with E-state index in [4.69, 9.17) is 11.6 Å². The fraction of sp³-hybridized carbons (Fsp3) is 0.474. The van der Waals surface area contributed by atoms with E-state index in [9.17, 15) is 9.90 Å². The van der Waals surface area contributed by atoms with Crippen molar-refractivity contribution in [2.45, 2.75) is 62.3 Å². The number of thiazole rings is 1. The van der Waals surface area contributed by atoms with Crippen molar-refractivity contribution in [1.82, 2.24) is 9.71 Å². The molecule has 0 atom stereocenters. The van der Waals surface area contributed by atoms with E-state index in [2.05, 4.69) is 15.0 Å². The molecule has 0 radical (unpaired) electrons. The molecule has 0 unspecified atom stereocenters. The quantitative estimate of drug-likeness (QED) is 0.615. The van der Waals surface area contributed by atoms with Crippen LogP contribution in [0.3, 0.4) is 0 Å². The number of rotatable bonds is 4. The van der Waals surface area contributed by atoms with Gasteiger partial charge in [0.2, 0.25) is 0 Å².